The third-order valence-corrected chi connectivity index (χ3v) is 3.94. The number of aromatic amines is 1. The number of hydrogen-bond donors (Lipinski definition) is 1. The van der Waals surface area contributed by atoms with E-state index in [1.165, 1.54) is 17.0 Å². The van der Waals surface area contributed by atoms with Crippen LogP contribution < -0.4 is 4.74 Å². The van der Waals surface area contributed by atoms with Gasteiger partial charge in [0.1, 0.15) is 5.75 Å². The zero-order valence-corrected chi connectivity index (χ0v) is 15.1. The molecule has 0 unspecified atom stereocenters. The first-order valence-corrected chi connectivity index (χ1v) is 8.28. The first-order valence-electron chi connectivity index (χ1n) is 7.87. The van der Waals surface area contributed by atoms with Crippen molar-refractivity contribution in [1.82, 2.24) is 14.9 Å². The van der Waals surface area contributed by atoms with Gasteiger partial charge in [0.25, 0.3) is 5.69 Å². The van der Waals surface area contributed by atoms with Crippen molar-refractivity contribution in [3.8, 4) is 17.1 Å². The fourth-order valence-corrected chi connectivity index (χ4v) is 2.63. The summed E-state index contributed by atoms with van der Waals surface area (Å²) in [6.45, 7) is 0. The molecule has 0 aliphatic heterocycles. The number of nitro benzene ring substituents is 1. The normalized spacial score (nSPS) is 11.3. The lowest BCUT2D eigenvalue weighted by molar-refractivity contribution is -0.385. The number of methoxy groups -OCH3 is 1. The van der Waals surface area contributed by atoms with E-state index in [1.807, 2.05) is 24.3 Å². The van der Waals surface area contributed by atoms with E-state index in [0.717, 1.165) is 5.56 Å². The molecule has 27 heavy (non-hydrogen) atoms. The maximum absolute atomic E-state index is 11.0. The molecule has 0 amide bonds. The van der Waals surface area contributed by atoms with Gasteiger partial charge in [-0.2, -0.15) is 14.9 Å². The SMILES string of the molecule is COc1ccccc1-c1n[nH]c(=S)n1/N=C/C=C/c1ccccc1[N+](=O)[O-]. The minimum Gasteiger partial charge on any atom is -0.496 e. The number of ether oxygens (including phenoxy) is 1. The van der Waals surface area contributed by atoms with Crippen LogP contribution in [-0.2, 0) is 0 Å². The predicted octanol–water partition coefficient (Wildman–Crippen LogP) is 4.07. The van der Waals surface area contributed by atoms with E-state index < -0.39 is 4.92 Å². The van der Waals surface area contributed by atoms with Crippen molar-refractivity contribution in [2.45, 2.75) is 0 Å². The Hall–Kier alpha value is -3.59. The molecule has 0 fully saturated rings. The van der Waals surface area contributed by atoms with Gasteiger partial charge in [-0.15, -0.1) is 0 Å². The van der Waals surface area contributed by atoms with E-state index in [2.05, 4.69) is 15.3 Å². The number of nitrogens with one attached hydrogen (secondary N) is 1. The molecule has 1 aromatic heterocycles. The number of H-pyrrole nitrogens is 1. The van der Waals surface area contributed by atoms with Crippen LogP contribution in [0, 0.1) is 14.9 Å². The van der Waals surface area contributed by atoms with Gasteiger partial charge in [0.2, 0.25) is 4.77 Å². The number of para-hydroxylation sites is 2. The third-order valence-electron chi connectivity index (χ3n) is 3.68. The third kappa shape index (κ3) is 3.98. The van der Waals surface area contributed by atoms with Crippen molar-refractivity contribution in [3.63, 3.8) is 0 Å². The van der Waals surface area contributed by atoms with Crippen LogP contribution in [0.4, 0.5) is 5.69 Å². The molecule has 3 aromatic rings. The van der Waals surface area contributed by atoms with Crippen LogP contribution >= 0.6 is 12.2 Å². The molecule has 8 nitrogen and oxygen atoms in total. The molecule has 1 N–H and O–H groups in total. The molecule has 0 saturated heterocycles. The van der Waals surface area contributed by atoms with Crippen molar-refractivity contribution in [1.29, 1.82) is 0 Å². The standard InChI is InChI=1S/C18H15N5O3S/c1-26-16-11-5-3-9-14(16)17-20-21-18(27)22(17)19-12-6-8-13-7-2-4-10-15(13)23(24)25/h2-12H,1H3,(H,21,27)/b8-6+,19-12+. The van der Waals surface area contributed by atoms with Crippen LogP contribution in [-0.4, -0.2) is 33.1 Å². The number of nitro groups is 1. The maximum Gasteiger partial charge on any atom is 0.276 e. The minimum atomic E-state index is -0.428. The zero-order chi connectivity index (χ0) is 19.2. The summed E-state index contributed by atoms with van der Waals surface area (Å²) in [5, 5.41) is 22.2. The monoisotopic (exact) mass is 381 g/mol. The molecular weight excluding hydrogens is 366 g/mol. The Bertz CT molecular complexity index is 1080. The smallest absolute Gasteiger partial charge is 0.276 e. The van der Waals surface area contributed by atoms with E-state index in [1.54, 1.807) is 37.5 Å². The highest BCUT2D eigenvalue weighted by molar-refractivity contribution is 7.71. The largest absolute Gasteiger partial charge is 0.496 e. The number of allylic oxidation sites excluding steroid dienone is 1. The lowest BCUT2D eigenvalue weighted by Crippen LogP contribution is -1.96. The van der Waals surface area contributed by atoms with Crippen LogP contribution in [0.2, 0.25) is 0 Å². The van der Waals surface area contributed by atoms with Crippen LogP contribution in [0.5, 0.6) is 5.75 Å². The molecule has 3 rings (SSSR count). The van der Waals surface area contributed by atoms with E-state index in [9.17, 15) is 10.1 Å². The highest BCUT2D eigenvalue weighted by atomic mass is 32.1. The van der Waals surface area contributed by atoms with Gasteiger partial charge in [-0.25, -0.2) is 5.10 Å². The summed E-state index contributed by atoms with van der Waals surface area (Å²) in [6, 6.07) is 13.8. The van der Waals surface area contributed by atoms with E-state index in [4.69, 9.17) is 17.0 Å². The number of nitrogens with zero attached hydrogens (tertiary/aromatic N) is 4. The molecule has 0 radical (unpaired) electrons. The van der Waals surface area contributed by atoms with Crippen molar-refractivity contribution in [2.24, 2.45) is 5.10 Å². The summed E-state index contributed by atoms with van der Waals surface area (Å²) < 4.78 is 7.12. The summed E-state index contributed by atoms with van der Waals surface area (Å²) in [5.41, 5.74) is 1.23. The average Bonchev–Trinajstić information content (AvgIpc) is 3.05. The first-order chi connectivity index (χ1) is 13.1. The molecule has 136 valence electrons. The minimum absolute atomic E-state index is 0.0248. The van der Waals surface area contributed by atoms with E-state index in [-0.39, 0.29) is 5.69 Å². The van der Waals surface area contributed by atoms with E-state index >= 15 is 0 Å². The van der Waals surface area contributed by atoms with Gasteiger partial charge in [-0.3, -0.25) is 10.1 Å². The number of rotatable bonds is 6. The van der Waals surface area contributed by atoms with E-state index in [0.29, 0.717) is 21.9 Å². The Labute approximate surface area is 159 Å². The fourth-order valence-electron chi connectivity index (χ4n) is 2.45. The molecule has 2 aromatic carbocycles. The zero-order valence-electron chi connectivity index (χ0n) is 14.3. The van der Waals surface area contributed by atoms with Gasteiger partial charge >= 0.3 is 0 Å². The topological polar surface area (TPSA) is 98.3 Å². The summed E-state index contributed by atoms with van der Waals surface area (Å²) in [6.07, 6.45) is 4.69. The molecule has 0 aliphatic rings. The Kier molecular flexibility index (Phi) is 5.53. The summed E-state index contributed by atoms with van der Waals surface area (Å²) in [5.74, 6) is 1.13. The quantitative estimate of drug-likeness (QED) is 0.300. The van der Waals surface area contributed by atoms with Gasteiger partial charge in [-0.05, 0) is 42.6 Å². The Morgan fingerprint density at radius 1 is 1.26 bits per heavy atom. The molecule has 0 aliphatic carbocycles. The first kappa shape index (κ1) is 18.2. The Morgan fingerprint density at radius 2 is 2.00 bits per heavy atom. The molecule has 0 bridgehead atoms. The Morgan fingerprint density at radius 3 is 2.78 bits per heavy atom. The van der Waals surface area contributed by atoms with Crippen LogP contribution in [0.25, 0.3) is 17.5 Å². The molecule has 1 heterocycles. The lowest BCUT2D eigenvalue weighted by Gasteiger charge is -2.06. The summed E-state index contributed by atoms with van der Waals surface area (Å²) in [4.78, 5) is 10.6. The van der Waals surface area contributed by atoms with Crippen LogP contribution in [0.1, 0.15) is 5.56 Å². The average molecular weight is 381 g/mol. The summed E-state index contributed by atoms with van der Waals surface area (Å²) >= 11 is 5.23. The molecule has 0 atom stereocenters. The van der Waals surface area contributed by atoms with Gasteiger partial charge in [0, 0.05) is 12.3 Å². The second-order valence-corrected chi connectivity index (χ2v) is 5.69. The van der Waals surface area contributed by atoms with Gasteiger partial charge < -0.3 is 4.74 Å². The molecule has 0 saturated carbocycles. The molecular formula is C18H15N5O3S. The molecule has 0 spiro atoms. The number of benzene rings is 2. The number of hydrogen-bond acceptors (Lipinski definition) is 6. The fraction of sp³-hybridized carbons (Fsp3) is 0.0556. The highest BCUT2D eigenvalue weighted by Crippen LogP contribution is 2.28. The molecule has 9 heteroatoms. The van der Waals surface area contributed by atoms with Crippen molar-refractivity contribution in [3.05, 3.63) is 75.1 Å². The Balaban J connectivity index is 1.90. The second kappa shape index (κ2) is 8.19. The maximum atomic E-state index is 11.0. The van der Waals surface area contributed by atoms with Crippen molar-refractivity contribution in [2.75, 3.05) is 7.11 Å². The van der Waals surface area contributed by atoms with Crippen molar-refractivity contribution < 1.29 is 9.66 Å². The predicted molar refractivity (Wildman–Crippen MR) is 105 cm³/mol. The van der Waals surface area contributed by atoms with Crippen LogP contribution in [0.15, 0.2) is 59.7 Å². The van der Waals surface area contributed by atoms with Gasteiger partial charge in [0.15, 0.2) is 5.82 Å². The second-order valence-electron chi connectivity index (χ2n) is 5.30. The highest BCUT2D eigenvalue weighted by Gasteiger charge is 2.12. The van der Waals surface area contributed by atoms with Crippen LogP contribution in [0.3, 0.4) is 0 Å². The van der Waals surface area contributed by atoms with Gasteiger partial charge in [-0.1, -0.05) is 24.3 Å². The van der Waals surface area contributed by atoms with Crippen molar-refractivity contribution >= 4 is 30.2 Å². The number of aromatic nitrogens is 3. The van der Waals surface area contributed by atoms with Gasteiger partial charge in [0.05, 0.1) is 23.2 Å². The summed E-state index contributed by atoms with van der Waals surface area (Å²) in [7, 11) is 1.57. The lowest BCUT2D eigenvalue weighted by atomic mass is 10.1.